The molecule has 2 N–H and O–H groups in total. The summed E-state index contributed by atoms with van der Waals surface area (Å²) >= 11 is 0. The monoisotopic (exact) mass is 490 g/mol. The van der Waals surface area contributed by atoms with Gasteiger partial charge in [-0.25, -0.2) is 9.78 Å². The zero-order chi connectivity index (χ0) is 25.5. The van der Waals surface area contributed by atoms with Crippen molar-refractivity contribution in [1.82, 2.24) is 9.55 Å². The van der Waals surface area contributed by atoms with Gasteiger partial charge in [-0.15, -0.1) is 0 Å². The molecule has 1 atom stereocenters. The second kappa shape index (κ2) is 11.9. The van der Waals surface area contributed by atoms with E-state index in [2.05, 4.69) is 36.6 Å². The summed E-state index contributed by atoms with van der Waals surface area (Å²) < 4.78 is 12.4. The van der Waals surface area contributed by atoms with Crippen molar-refractivity contribution >= 4 is 34.3 Å². The molecule has 1 saturated heterocycles. The first-order valence-electron chi connectivity index (χ1n) is 12.4. The lowest BCUT2D eigenvalue weighted by molar-refractivity contribution is -0.119. The Labute approximate surface area is 211 Å². The summed E-state index contributed by atoms with van der Waals surface area (Å²) in [5.41, 5.74) is 3.27. The molecule has 1 amide bonds. The maximum Gasteiger partial charge on any atom is 0.356 e. The highest BCUT2D eigenvalue weighted by Gasteiger charge is 2.29. The highest BCUT2D eigenvalue weighted by molar-refractivity contribution is 6.11. The number of hydrogen-bond donors (Lipinski definition) is 2. The number of fused-ring (bicyclic) bond motifs is 1. The van der Waals surface area contributed by atoms with Crippen LogP contribution in [0.15, 0.2) is 54.7 Å². The molecule has 1 fully saturated rings. The van der Waals surface area contributed by atoms with Crippen molar-refractivity contribution in [2.24, 2.45) is 11.8 Å². The van der Waals surface area contributed by atoms with E-state index in [0.717, 1.165) is 11.3 Å². The number of nitrogens with one attached hydrogen (secondary N) is 2. The first-order valence-corrected chi connectivity index (χ1v) is 12.4. The minimum atomic E-state index is -0.520. The predicted octanol–water partition coefficient (Wildman–Crippen LogP) is 4.66. The number of nitrogens with zero attached hydrogens (tertiary/aromatic N) is 2. The molecule has 8 nitrogen and oxygen atoms in total. The summed E-state index contributed by atoms with van der Waals surface area (Å²) in [5, 5.41) is 7.05. The molecule has 36 heavy (non-hydrogen) atoms. The highest BCUT2D eigenvalue weighted by atomic mass is 16.5. The van der Waals surface area contributed by atoms with Crippen molar-refractivity contribution in [1.29, 1.82) is 0 Å². The van der Waals surface area contributed by atoms with E-state index in [0.29, 0.717) is 67.5 Å². The average Bonchev–Trinajstić information content (AvgIpc) is 3.52. The number of aryl methyl sites for hydroxylation is 2. The Kier molecular flexibility index (Phi) is 8.38. The number of hydrogen-bond acceptors (Lipinski definition) is 6. The summed E-state index contributed by atoms with van der Waals surface area (Å²) in [6.45, 7) is 6.33. The number of anilines is 2. The van der Waals surface area contributed by atoms with E-state index in [1.807, 2.05) is 41.0 Å². The van der Waals surface area contributed by atoms with Crippen LogP contribution in [0.25, 0.3) is 11.0 Å². The van der Waals surface area contributed by atoms with Gasteiger partial charge in [-0.2, -0.15) is 0 Å². The lowest BCUT2D eigenvalue weighted by atomic mass is 10.1. The number of allylic oxidation sites excluding steroid dienone is 1. The zero-order valence-corrected chi connectivity index (χ0v) is 21.1. The molecule has 2 aromatic heterocycles. The smallest absolute Gasteiger partial charge is 0.356 e. The van der Waals surface area contributed by atoms with Gasteiger partial charge in [0.15, 0.2) is 5.69 Å². The third-order valence-electron chi connectivity index (χ3n) is 6.24. The Bertz CT molecular complexity index is 1230. The second-order valence-corrected chi connectivity index (χ2v) is 9.30. The van der Waals surface area contributed by atoms with Crippen molar-refractivity contribution < 1.29 is 19.1 Å². The van der Waals surface area contributed by atoms with E-state index < -0.39 is 5.97 Å². The van der Waals surface area contributed by atoms with Gasteiger partial charge < -0.3 is 24.7 Å². The molecule has 190 valence electrons. The molecular weight excluding hydrogens is 456 g/mol. The summed E-state index contributed by atoms with van der Waals surface area (Å²) in [6, 6.07) is 12.0. The Hall–Kier alpha value is -3.65. The third kappa shape index (κ3) is 5.94. The van der Waals surface area contributed by atoms with E-state index >= 15 is 0 Å². The number of carbonyl (C=O) groups is 2. The lowest BCUT2D eigenvalue weighted by Crippen LogP contribution is -2.24. The van der Waals surface area contributed by atoms with E-state index in [1.54, 1.807) is 6.20 Å². The van der Waals surface area contributed by atoms with Gasteiger partial charge >= 0.3 is 5.97 Å². The molecule has 8 heteroatoms. The van der Waals surface area contributed by atoms with Crippen LogP contribution in [0.2, 0.25) is 0 Å². The van der Waals surface area contributed by atoms with Crippen LogP contribution in [-0.2, 0) is 27.2 Å². The van der Waals surface area contributed by atoms with Gasteiger partial charge in [-0.1, -0.05) is 56.3 Å². The Morgan fingerprint density at radius 1 is 1.28 bits per heavy atom. The van der Waals surface area contributed by atoms with Crippen molar-refractivity contribution in [2.75, 3.05) is 37.5 Å². The molecule has 3 aromatic rings. The quantitative estimate of drug-likeness (QED) is 0.317. The molecule has 0 spiro atoms. The van der Waals surface area contributed by atoms with Gasteiger partial charge in [-0.3, -0.25) is 4.79 Å². The van der Waals surface area contributed by atoms with E-state index in [4.69, 9.17) is 14.5 Å². The van der Waals surface area contributed by atoms with E-state index in [1.165, 1.54) is 7.11 Å². The van der Waals surface area contributed by atoms with Crippen molar-refractivity contribution in [2.45, 2.75) is 33.2 Å². The first kappa shape index (κ1) is 25.4. The Balaban J connectivity index is 1.74. The maximum absolute atomic E-state index is 13.1. The molecule has 1 unspecified atom stereocenters. The number of benzene rings is 1. The highest BCUT2D eigenvalue weighted by Crippen LogP contribution is 2.33. The Morgan fingerprint density at radius 3 is 2.78 bits per heavy atom. The van der Waals surface area contributed by atoms with Crippen LogP contribution in [0.1, 0.15) is 36.3 Å². The fourth-order valence-electron chi connectivity index (χ4n) is 4.34. The molecule has 0 radical (unpaired) electrons. The fourth-order valence-corrected chi connectivity index (χ4v) is 4.34. The van der Waals surface area contributed by atoms with Gasteiger partial charge in [0, 0.05) is 25.1 Å². The number of carbonyl (C=O) groups excluding carboxylic acids is 2. The van der Waals surface area contributed by atoms with Crippen LogP contribution in [-0.4, -0.2) is 48.3 Å². The van der Waals surface area contributed by atoms with Crippen LogP contribution in [0.5, 0.6) is 0 Å². The van der Waals surface area contributed by atoms with Crippen LogP contribution < -0.4 is 10.6 Å². The van der Waals surface area contributed by atoms with Crippen molar-refractivity contribution in [3.63, 3.8) is 0 Å². The summed E-state index contributed by atoms with van der Waals surface area (Å²) in [4.78, 5) is 30.8. The molecule has 1 aliphatic heterocycles. The number of pyridine rings is 1. The predicted molar refractivity (Wildman–Crippen MR) is 141 cm³/mol. The van der Waals surface area contributed by atoms with E-state index in [-0.39, 0.29) is 11.8 Å². The van der Waals surface area contributed by atoms with Crippen LogP contribution in [0, 0.1) is 11.8 Å². The summed E-state index contributed by atoms with van der Waals surface area (Å²) in [7, 11) is 1.35. The first-order chi connectivity index (χ1) is 17.5. The number of ether oxygens (including phenoxy) is 2. The zero-order valence-electron chi connectivity index (χ0n) is 21.1. The van der Waals surface area contributed by atoms with Gasteiger partial charge in [0.2, 0.25) is 5.91 Å². The molecule has 3 heterocycles. The van der Waals surface area contributed by atoms with E-state index in [9.17, 15) is 9.59 Å². The molecule has 4 rings (SSSR count). The maximum atomic E-state index is 13.1. The summed E-state index contributed by atoms with van der Waals surface area (Å²) in [6.07, 6.45) is 7.30. The minimum Gasteiger partial charge on any atom is -0.464 e. The topological polar surface area (TPSA) is 94.5 Å². The van der Waals surface area contributed by atoms with Crippen LogP contribution in [0.4, 0.5) is 11.4 Å². The number of esters is 1. The molecule has 1 aromatic carbocycles. The van der Waals surface area contributed by atoms with Crippen molar-refractivity contribution in [3.8, 4) is 0 Å². The van der Waals surface area contributed by atoms with Gasteiger partial charge in [-0.05, 0) is 30.4 Å². The number of rotatable bonds is 10. The fraction of sp³-hybridized carbons (Fsp3) is 0.393. The summed E-state index contributed by atoms with van der Waals surface area (Å²) in [5.74, 6) is -0.477. The van der Waals surface area contributed by atoms with Gasteiger partial charge in [0.25, 0.3) is 0 Å². The standard InChI is InChI=1S/C28H34N4O4/c1-19(2)8-7-13-29-22-16-23-24(31-27(33)21-12-15-36-18-21)25(28(34)35-3)32(26(23)30-17-22)14-11-20-9-5-4-6-10-20/h4-10,16-17,19,21,29H,11-15,18H2,1-3H3,(H,31,33)/b8-7+. The van der Waals surface area contributed by atoms with Crippen LogP contribution in [0.3, 0.4) is 0 Å². The lowest BCUT2D eigenvalue weighted by Gasteiger charge is -2.12. The largest absolute Gasteiger partial charge is 0.464 e. The number of methoxy groups -OCH3 is 1. The van der Waals surface area contributed by atoms with Gasteiger partial charge in [0.1, 0.15) is 5.65 Å². The minimum absolute atomic E-state index is 0.169. The van der Waals surface area contributed by atoms with Crippen molar-refractivity contribution in [3.05, 3.63) is 66.0 Å². The molecule has 0 saturated carbocycles. The molecule has 0 bridgehead atoms. The SMILES string of the molecule is COC(=O)c1c(NC(=O)C2CCOC2)c2cc(NC/C=C/C(C)C)cnc2n1CCc1ccccc1. The number of aromatic nitrogens is 2. The second-order valence-electron chi connectivity index (χ2n) is 9.30. The van der Waals surface area contributed by atoms with Gasteiger partial charge in [0.05, 0.1) is 37.2 Å². The normalized spacial score (nSPS) is 15.6. The molecule has 1 aliphatic rings. The Morgan fingerprint density at radius 2 is 2.08 bits per heavy atom. The van der Waals surface area contributed by atoms with Crippen LogP contribution >= 0.6 is 0 Å². The number of amides is 1. The molecule has 0 aliphatic carbocycles. The average molecular weight is 491 g/mol. The molecular formula is C28H34N4O4. The third-order valence-corrected chi connectivity index (χ3v) is 6.24.